The van der Waals surface area contributed by atoms with E-state index >= 15 is 0 Å². The third kappa shape index (κ3) is 2.54. The molecule has 2 aromatic rings. The smallest absolute Gasteiger partial charge is 0.214 e. The van der Waals surface area contributed by atoms with Gasteiger partial charge in [-0.3, -0.25) is 4.68 Å². The van der Waals surface area contributed by atoms with Crippen molar-refractivity contribution >= 4 is 11.5 Å². The maximum atomic E-state index is 5.67. The molecule has 2 aromatic heterocycles. The highest BCUT2D eigenvalue weighted by Crippen LogP contribution is 2.27. The molecule has 20 heavy (non-hydrogen) atoms. The summed E-state index contributed by atoms with van der Waals surface area (Å²) in [5, 5.41) is 4.31. The molecule has 3 rings (SSSR count). The summed E-state index contributed by atoms with van der Waals surface area (Å²) in [6.45, 7) is 2.00. The maximum Gasteiger partial charge on any atom is 0.214 e. The number of ether oxygens (including phenoxy) is 1. The molecule has 1 aliphatic heterocycles. The van der Waals surface area contributed by atoms with Gasteiger partial charge < -0.3 is 15.4 Å². The fourth-order valence-corrected chi connectivity index (χ4v) is 2.65. The minimum absolute atomic E-state index is 0.437. The van der Waals surface area contributed by atoms with Crippen LogP contribution in [0.3, 0.4) is 0 Å². The third-order valence-corrected chi connectivity index (χ3v) is 3.76. The van der Waals surface area contributed by atoms with Crippen molar-refractivity contribution in [3.63, 3.8) is 0 Å². The Morgan fingerprint density at radius 1 is 1.30 bits per heavy atom. The fraction of sp³-hybridized carbons (Fsp3) is 0.429. The van der Waals surface area contributed by atoms with Crippen LogP contribution >= 0.6 is 0 Å². The van der Waals surface area contributed by atoms with Crippen LogP contribution in [0.2, 0.25) is 0 Å². The van der Waals surface area contributed by atoms with Crippen LogP contribution < -0.4 is 15.4 Å². The fourth-order valence-electron chi connectivity index (χ4n) is 2.65. The summed E-state index contributed by atoms with van der Waals surface area (Å²) in [6, 6.07) is 6.29. The van der Waals surface area contributed by atoms with Crippen molar-refractivity contribution < 1.29 is 4.74 Å². The van der Waals surface area contributed by atoms with Crippen LogP contribution in [0.15, 0.2) is 30.6 Å². The Bertz CT molecular complexity index is 574. The zero-order valence-corrected chi connectivity index (χ0v) is 11.6. The summed E-state index contributed by atoms with van der Waals surface area (Å²) in [7, 11) is 1.64. The summed E-state index contributed by atoms with van der Waals surface area (Å²) in [6.07, 6.45) is 5.87. The van der Waals surface area contributed by atoms with E-state index in [2.05, 4.69) is 15.0 Å². The zero-order valence-electron chi connectivity index (χ0n) is 11.6. The summed E-state index contributed by atoms with van der Waals surface area (Å²) >= 11 is 0. The minimum atomic E-state index is 0.437. The van der Waals surface area contributed by atoms with Crippen LogP contribution in [0.25, 0.3) is 0 Å². The first-order chi connectivity index (χ1) is 9.76. The lowest BCUT2D eigenvalue weighted by atomic mass is 10.0. The Kier molecular flexibility index (Phi) is 3.45. The Balaban J connectivity index is 1.66. The monoisotopic (exact) mass is 273 g/mol. The number of nitrogen functional groups attached to an aromatic ring is 1. The average molecular weight is 273 g/mol. The first kappa shape index (κ1) is 12.8. The van der Waals surface area contributed by atoms with E-state index < -0.39 is 0 Å². The van der Waals surface area contributed by atoms with Gasteiger partial charge in [-0.1, -0.05) is 0 Å². The van der Waals surface area contributed by atoms with Crippen molar-refractivity contribution in [2.75, 3.05) is 30.8 Å². The lowest BCUT2D eigenvalue weighted by molar-refractivity contribution is 0.367. The Morgan fingerprint density at radius 3 is 2.75 bits per heavy atom. The maximum absolute atomic E-state index is 5.67. The largest absolute Gasteiger partial charge is 0.481 e. The van der Waals surface area contributed by atoms with E-state index in [1.165, 1.54) is 0 Å². The lowest BCUT2D eigenvalue weighted by Crippen LogP contribution is -2.34. The quantitative estimate of drug-likeness (QED) is 0.922. The number of methoxy groups -OCH3 is 1. The number of hydrogen-bond acceptors (Lipinski definition) is 5. The summed E-state index contributed by atoms with van der Waals surface area (Å²) in [5.74, 6) is 1.25. The molecule has 0 atom stereocenters. The Labute approximate surface area is 118 Å². The number of anilines is 2. The summed E-state index contributed by atoms with van der Waals surface area (Å²) in [4.78, 5) is 6.50. The summed E-state index contributed by atoms with van der Waals surface area (Å²) < 4.78 is 7.16. The molecule has 0 amide bonds. The van der Waals surface area contributed by atoms with E-state index in [1.807, 2.05) is 29.1 Å². The number of aromatic nitrogens is 3. The SMILES string of the molecule is COc1cc(N2CCC(n3ccc(N)n3)CC2)ccn1. The highest BCUT2D eigenvalue weighted by molar-refractivity contribution is 5.48. The van der Waals surface area contributed by atoms with Gasteiger partial charge in [-0.15, -0.1) is 0 Å². The van der Waals surface area contributed by atoms with Crippen LogP contribution in [-0.2, 0) is 0 Å². The van der Waals surface area contributed by atoms with E-state index in [-0.39, 0.29) is 0 Å². The summed E-state index contributed by atoms with van der Waals surface area (Å²) in [5.41, 5.74) is 6.83. The van der Waals surface area contributed by atoms with Crippen molar-refractivity contribution in [2.24, 2.45) is 0 Å². The Hall–Kier alpha value is -2.24. The lowest BCUT2D eigenvalue weighted by Gasteiger charge is -2.33. The van der Waals surface area contributed by atoms with Crippen molar-refractivity contribution in [2.45, 2.75) is 18.9 Å². The predicted octanol–water partition coefficient (Wildman–Crippen LogP) is 1.71. The van der Waals surface area contributed by atoms with Gasteiger partial charge in [0.15, 0.2) is 0 Å². The molecule has 1 saturated heterocycles. The van der Waals surface area contributed by atoms with Crippen LogP contribution in [0.5, 0.6) is 5.88 Å². The van der Waals surface area contributed by atoms with E-state index in [4.69, 9.17) is 10.5 Å². The van der Waals surface area contributed by atoms with Crippen LogP contribution in [0.4, 0.5) is 11.5 Å². The molecule has 3 heterocycles. The van der Waals surface area contributed by atoms with Gasteiger partial charge in [0.25, 0.3) is 0 Å². The number of rotatable bonds is 3. The Morgan fingerprint density at radius 2 is 2.10 bits per heavy atom. The number of piperidine rings is 1. The molecule has 6 nitrogen and oxygen atoms in total. The molecule has 1 fully saturated rings. The number of nitrogens with two attached hydrogens (primary N) is 1. The first-order valence-electron chi connectivity index (χ1n) is 6.82. The van der Waals surface area contributed by atoms with Gasteiger partial charge in [0.1, 0.15) is 5.82 Å². The van der Waals surface area contributed by atoms with Gasteiger partial charge in [-0.25, -0.2) is 4.98 Å². The minimum Gasteiger partial charge on any atom is -0.481 e. The molecule has 2 N–H and O–H groups in total. The molecule has 0 aliphatic carbocycles. The van der Waals surface area contributed by atoms with Crippen LogP contribution in [0.1, 0.15) is 18.9 Å². The predicted molar refractivity (Wildman–Crippen MR) is 77.9 cm³/mol. The van der Waals surface area contributed by atoms with Crippen LogP contribution in [0, 0.1) is 0 Å². The first-order valence-corrected chi connectivity index (χ1v) is 6.82. The second-order valence-corrected chi connectivity index (χ2v) is 5.00. The molecule has 106 valence electrons. The standard InChI is InChI=1S/C14H19N5O/c1-20-14-10-12(2-6-16-14)18-7-3-11(4-8-18)19-9-5-13(15)17-19/h2,5-6,9-11H,3-4,7-8H2,1H3,(H2,15,17). The molecule has 1 aliphatic rings. The zero-order chi connectivity index (χ0) is 13.9. The topological polar surface area (TPSA) is 69.2 Å². The molecule has 0 unspecified atom stereocenters. The van der Waals surface area contributed by atoms with Gasteiger partial charge in [0.05, 0.1) is 13.2 Å². The molecule has 0 aromatic carbocycles. The molecule has 0 saturated carbocycles. The van der Waals surface area contributed by atoms with Gasteiger partial charge >= 0.3 is 0 Å². The van der Waals surface area contributed by atoms with Crippen molar-refractivity contribution in [3.8, 4) is 5.88 Å². The second-order valence-electron chi connectivity index (χ2n) is 5.00. The highest BCUT2D eigenvalue weighted by Gasteiger charge is 2.21. The van der Waals surface area contributed by atoms with E-state index in [9.17, 15) is 0 Å². The molecule has 6 heteroatoms. The van der Waals surface area contributed by atoms with Gasteiger partial charge in [-0.2, -0.15) is 5.10 Å². The van der Waals surface area contributed by atoms with Gasteiger partial charge in [0.2, 0.25) is 5.88 Å². The second kappa shape index (κ2) is 5.40. The van der Waals surface area contributed by atoms with Crippen LogP contribution in [-0.4, -0.2) is 35.0 Å². The number of hydrogen-bond donors (Lipinski definition) is 1. The third-order valence-electron chi connectivity index (χ3n) is 3.76. The average Bonchev–Trinajstić information content (AvgIpc) is 2.94. The van der Waals surface area contributed by atoms with Gasteiger partial charge in [0, 0.05) is 37.2 Å². The van der Waals surface area contributed by atoms with E-state index in [1.54, 1.807) is 13.3 Å². The molecular formula is C14H19N5O. The van der Waals surface area contributed by atoms with Gasteiger partial charge in [-0.05, 0) is 25.0 Å². The highest BCUT2D eigenvalue weighted by atomic mass is 16.5. The normalized spacial score (nSPS) is 16.4. The number of nitrogens with zero attached hydrogens (tertiary/aromatic N) is 4. The van der Waals surface area contributed by atoms with E-state index in [0.29, 0.717) is 17.7 Å². The van der Waals surface area contributed by atoms with Crippen molar-refractivity contribution in [3.05, 3.63) is 30.6 Å². The van der Waals surface area contributed by atoms with Crippen molar-refractivity contribution in [1.29, 1.82) is 0 Å². The number of pyridine rings is 1. The molecule has 0 spiro atoms. The van der Waals surface area contributed by atoms with E-state index in [0.717, 1.165) is 31.6 Å². The van der Waals surface area contributed by atoms with Crippen molar-refractivity contribution in [1.82, 2.24) is 14.8 Å². The molecule has 0 radical (unpaired) electrons. The molecule has 0 bridgehead atoms. The molecular weight excluding hydrogens is 254 g/mol.